The fourth-order valence-corrected chi connectivity index (χ4v) is 4.81. The second kappa shape index (κ2) is 6.71. The summed E-state index contributed by atoms with van der Waals surface area (Å²) >= 11 is 12.1. The molecule has 2 aromatic carbocycles. The molecule has 1 unspecified atom stereocenters. The van der Waals surface area contributed by atoms with Crippen molar-refractivity contribution >= 4 is 51.7 Å². The molecule has 1 aliphatic heterocycles. The molecule has 2 heterocycles. The van der Waals surface area contributed by atoms with Gasteiger partial charge in [-0.3, -0.25) is 19.3 Å². The van der Waals surface area contributed by atoms with Crippen LogP contribution in [0.1, 0.15) is 39.8 Å². The molecule has 0 bridgehead atoms. The van der Waals surface area contributed by atoms with Crippen LogP contribution in [0, 0.1) is 0 Å². The molecule has 0 aliphatic carbocycles. The van der Waals surface area contributed by atoms with E-state index in [2.05, 4.69) is 0 Å². The lowest BCUT2D eigenvalue weighted by atomic mass is 9.75. The first-order valence-electron chi connectivity index (χ1n) is 9.05. The van der Waals surface area contributed by atoms with Gasteiger partial charge in [0.25, 0.3) is 5.91 Å². The lowest BCUT2D eigenvalue weighted by Gasteiger charge is -2.37. The molecule has 0 saturated heterocycles. The highest BCUT2D eigenvalue weighted by Crippen LogP contribution is 2.42. The number of Topliss-reactive ketones (excluding diaryl/α,β-unsaturated/α-hetero) is 1. The molecule has 4 rings (SSSR count). The number of benzene rings is 2. The van der Waals surface area contributed by atoms with Crippen molar-refractivity contribution in [1.82, 2.24) is 9.47 Å². The Morgan fingerprint density at radius 2 is 1.66 bits per heavy atom. The second-order valence-electron chi connectivity index (χ2n) is 7.56. The van der Waals surface area contributed by atoms with Crippen LogP contribution >= 0.6 is 23.2 Å². The quantitative estimate of drug-likeness (QED) is 0.451. The maximum Gasteiger partial charge on any atom is 0.262 e. The molecule has 0 radical (unpaired) electrons. The fourth-order valence-electron chi connectivity index (χ4n) is 4.28. The Hall–Kier alpha value is -2.63. The van der Waals surface area contributed by atoms with Gasteiger partial charge in [0.05, 0.1) is 11.0 Å². The smallest absolute Gasteiger partial charge is 0.262 e. The van der Waals surface area contributed by atoms with Gasteiger partial charge < -0.3 is 4.57 Å². The molecule has 3 aromatic rings. The molecule has 2 amide bonds. The van der Waals surface area contributed by atoms with E-state index in [4.69, 9.17) is 23.2 Å². The zero-order valence-electron chi connectivity index (χ0n) is 16.1. The summed E-state index contributed by atoms with van der Waals surface area (Å²) in [5.41, 5.74) is 0.963. The van der Waals surface area contributed by atoms with Crippen LogP contribution < -0.4 is 0 Å². The molecule has 0 fully saturated rings. The fraction of sp³-hybridized carbons (Fsp3) is 0.227. The number of hydrogen-bond donors (Lipinski definition) is 0. The van der Waals surface area contributed by atoms with E-state index in [1.807, 2.05) is 35.9 Å². The number of likely N-dealkylation sites (N-methyl/N-ethyl adjacent to an activating group) is 1. The number of nitrogens with zero attached hydrogens (tertiary/aromatic N) is 2. The molecule has 5 nitrogen and oxygen atoms in total. The largest absolute Gasteiger partial charge is 0.346 e. The summed E-state index contributed by atoms with van der Waals surface area (Å²) < 4.78 is 1.84. The number of imide groups is 1. The zero-order valence-corrected chi connectivity index (χ0v) is 17.6. The number of ketones is 1. The average Bonchev–Trinajstić information content (AvgIpc) is 2.98. The van der Waals surface area contributed by atoms with Crippen molar-refractivity contribution in [3.05, 3.63) is 69.3 Å². The Kier molecular flexibility index (Phi) is 4.56. The third kappa shape index (κ3) is 2.88. The third-order valence-electron chi connectivity index (χ3n) is 5.62. The number of hydrogen-bond acceptors (Lipinski definition) is 3. The van der Waals surface area contributed by atoms with Crippen LogP contribution in [0.4, 0.5) is 0 Å². The molecule has 0 N–H and O–H groups in total. The Balaban J connectivity index is 1.91. The zero-order chi connectivity index (χ0) is 21.1. The summed E-state index contributed by atoms with van der Waals surface area (Å²) in [7, 11) is 3.26. The standard InChI is InChI=1S/C22H18Cl2N2O3/c1-22(11-17(27)12-8-13(23)10-14(24)9-12)19-18(20(28)26(3)21(22)29)15-6-4-5-7-16(15)25(19)2/h4-10H,11H2,1-3H3. The third-order valence-corrected chi connectivity index (χ3v) is 6.06. The van der Waals surface area contributed by atoms with Crippen LogP contribution in [-0.2, 0) is 17.3 Å². The van der Waals surface area contributed by atoms with E-state index < -0.39 is 11.3 Å². The molecule has 1 aliphatic rings. The molecule has 1 aromatic heterocycles. The predicted molar refractivity (Wildman–Crippen MR) is 113 cm³/mol. The van der Waals surface area contributed by atoms with E-state index in [1.54, 1.807) is 13.0 Å². The highest BCUT2D eigenvalue weighted by Gasteiger charge is 2.50. The lowest BCUT2D eigenvalue weighted by Crippen LogP contribution is -2.52. The summed E-state index contributed by atoms with van der Waals surface area (Å²) in [6, 6.07) is 12.1. The number of carbonyl (C=O) groups excluding carboxylic acids is 3. The van der Waals surface area contributed by atoms with Crippen molar-refractivity contribution in [3.63, 3.8) is 0 Å². The van der Waals surface area contributed by atoms with Crippen LogP contribution in [0.3, 0.4) is 0 Å². The van der Waals surface area contributed by atoms with Crippen molar-refractivity contribution < 1.29 is 14.4 Å². The molecule has 29 heavy (non-hydrogen) atoms. The molecular formula is C22H18Cl2N2O3. The normalized spacial score (nSPS) is 19.0. The first-order chi connectivity index (χ1) is 13.6. The molecule has 0 saturated carbocycles. The van der Waals surface area contributed by atoms with Gasteiger partial charge in [0.2, 0.25) is 5.91 Å². The van der Waals surface area contributed by atoms with Gasteiger partial charge in [-0.1, -0.05) is 41.4 Å². The first kappa shape index (κ1) is 19.7. The van der Waals surface area contributed by atoms with Crippen molar-refractivity contribution in [3.8, 4) is 0 Å². The Bertz CT molecular complexity index is 1190. The van der Waals surface area contributed by atoms with Gasteiger partial charge in [0.15, 0.2) is 5.78 Å². The Morgan fingerprint density at radius 1 is 1.03 bits per heavy atom. The predicted octanol–water partition coefficient (Wildman–Crippen LogP) is 4.63. The number of aromatic nitrogens is 1. The minimum absolute atomic E-state index is 0.114. The van der Waals surface area contributed by atoms with Crippen molar-refractivity contribution in [2.24, 2.45) is 7.05 Å². The van der Waals surface area contributed by atoms with Crippen molar-refractivity contribution in [2.45, 2.75) is 18.8 Å². The summed E-state index contributed by atoms with van der Waals surface area (Å²) in [5, 5.41) is 1.45. The maximum absolute atomic E-state index is 13.2. The Morgan fingerprint density at radius 3 is 2.31 bits per heavy atom. The second-order valence-corrected chi connectivity index (χ2v) is 8.43. The van der Waals surface area contributed by atoms with Crippen LogP contribution in [0.5, 0.6) is 0 Å². The van der Waals surface area contributed by atoms with E-state index in [0.29, 0.717) is 26.9 Å². The molecular weight excluding hydrogens is 411 g/mol. The van der Waals surface area contributed by atoms with Gasteiger partial charge in [-0.15, -0.1) is 0 Å². The first-order valence-corrected chi connectivity index (χ1v) is 9.80. The van der Waals surface area contributed by atoms with Crippen LogP contribution in [0.15, 0.2) is 42.5 Å². The van der Waals surface area contributed by atoms with Crippen molar-refractivity contribution in [1.29, 1.82) is 0 Å². The average molecular weight is 429 g/mol. The number of rotatable bonds is 3. The van der Waals surface area contributed by atoms with Gasteiger partial charge in [-0.05, 0) is 31.2 Å². The summed E-state index contributed by atoms with van der Waals surface area (Å²) in [6.07, 6.45) is -0.114. The van der Waals surface area contributed by atoms with Crippen LogP contribution in [-0.4, -0.2) is 34.1 Å². The van der Waals surface area contributed by atoms with Gasteiger partial charge in [-0.25, -0.2) is 0 Å². The summed E-state index contributed by atoms with van der Waals surface area (Å²) in [4.78, 5) is 40.4. The number of fused-ring (bicyclic) bond motifs is 3. The van der Waals surface area contributed by atoms with Gasteiger partial charge in [0, 0.05) is 52.7 Å². The monoisotopic (exact) mass is 428 g/mol. The number of aryl methyl sites for hydroxylation is 1. The van der Waals surface area contributed by atoms with E-state index in [1.165, 1.54) is 19.2 Å². The van der Waals surface area contributed by atoms with Crippen LogP contribution in [0.2, 0.25) is 10.0 Å². The summed E-state index contributed by atoms with van der Waals surface area (Å²) in [5.74, 6) is -1.05. The van der Waals surface area contributed by atoms with E-state index in [9.17, 15) is 14.4 Å². The lowest BCUT2D eigenvalue weighted by molar-refractivity contribution is -0.133. The molecule has 1 atom stereocenters. The van der Waals surface area contributed by atoms with E-state index in [0.717, 1.165) is 15.8 Å². The summed E-state index contributed by atoms with van der Waals surface area (Å²) in [6.45, 7) is 1.71. The Labute approximate surface area is 177 Å². The molecule has 148 valence electrons. The van der Waals surface area contributed by atoms with Gasteiger partial charge >= 0.3 is 0 Å². The SMILES string of the molecule is CN1C(=O)c2c(n(C)c3ccccc23)C(C)(CC(=O)c2cc(Cl)cc(Cl)c2)C1=O. The topological polar surface area (TPSA) is 59.4 Å². The minimum Gasteiger partial charge on any atom is -0.346 e. The number of carbonyl (C=O) groups is 3. The number of para-hydroxylation sites is 1. The molecule has 7 heteroatoms. The number of amides is 2. The highest BCUT2D eigenvalue weighted by molar-refractivity contribution is 6.35. The van der Waals surface area contributed by atoms with Crippen molar-refractivity contribution in [2.75, 3.05) is 7.05 Å². The maximum atomic E-state index is 13.2. The molecule has 0 spiro atoms. The van der Waals surface area contributed by atoms with E-state index >= 15 is 0 Å². The van der Waals surface area contributed by atoms with Crippen LogP contribution in [0.25, 0.3) is 10.9 Å². The van der Waals surface area contributed by atoms with Gasteiger partial charge in [-0.2, -0.15) is 0 Å². The van der Waals surface area contributed by atoms with Gasteiger partial charge in [0.1, 0.15) is 0 Å². The number of halogens is 2. The highest BCUT2D eigenvalue weighted by atomic mass is 35.5. The van der Waals surface area contributed by atoms with E-state index in [-0.39, 0.29) is 18.1 Å². The minimum atomic E-state index is -1.21.